The molecular weight excluding hydrogens is 318 g/mol. The second kappa shape index (κ2) is 8.99. The molecule has 0 aromatic carbocycles. The Balaban J connectivity index is 1.41. The molecule has 25 heavy (non-hydrogen) atoms. The monoisotopic (exact) mass is 351 g/mol. The average molecular weight is 351 g/mol. The van der Waals surface area contributed by atoms with Crippen LogP contribution in [0.2, 0.25) is 0 Å². The van der Waals surface area contributed by atoms with Crippen molar-refractivity contribution in [1.82, 2.24) is 10.2 Å². The first-order valence-electron chi connectivity index (χ1n) is 10.1. The molecule has 6 heteroatoms. The van der Waals surface area contributed by atoms with E-state index in [4.69, 9.17) is 10.5 Å². The maximum atomic E-state index is 12.6. The Labute approximate surface area is 150 Å². The van der Waals surface area contributed by atoms with Gasteiger partial charge in [-0.1, -0.05) is 19.3 Å². The maximum absolute atomic E-state index is 12.6. The number of rotatable bonds is 4. The molecule has 142 valence electrons. The molecule has 3 N–H and O–H groups in total. The number of ether oxygens (including phenoxy) is 1. The average Bonchev–Trinajstić information content (AvgIpc) is 2.69. The number of nitrogens with zero attached hydrogens (tertiary/aromatic N) is 1. The van der Waals surface area contributed by atoms with Crippen LogP contribution in [-0.2, 0) is 14.3 Å². The van der Waals surface area contributed by atoms with Gasteiger partial charge < -0.3 is 20.7 Å². The zero-order valence-electron chi connectivity index (χ0n) is 15.3. The molecule has 1 unspecified atom stereocenters. The molecule has 2 heterocycles. The highest BCUT2D eigenvalue weighted by Gasteiger charge is 2.32. The van der Waals surface area contributed by atoms with E-state index >= 15 is 0 Å². The van der Waals surface area contributed by atoms with Crippen LogP contribution in [0.25, 0.3) is 0 Å². The molecule has 0 bridgehead atoms. The number of hydrogen-bond acceptors (Lipinski definition) is 4. The first kappa shape index (κ1) is 18.6. The van der Waals surface area contributed by atoms with E-state index in [9.17, 15) is 9.59 Å². The van der Waals surface area contributed by atoms with Crippen molar-refractivity contribution < 1.29 is 14.3 Å². The molecule has 1 atom stereocenters. The van der Waals surface area contributed by atoms with Crippen LogP contribution in [0.3, 0.4) is 0 Å². The number of amides is 2. The maximum Gasteiger partial charge on any atom is 0.239 e. The SMILES string of the molecule is NC(C(=O)N1CCC(NC(=O)C2CCCCC2)CC1)C1CCOCC1. The lowest BCUT2D eigenvalue weighted by Crippen LogP contribution is -2.53. The molecule has 0 aromatic heterocycles. The fraction of sp³-hybridized carbons (Fsp3) is 0.895. The second-order valence-electron chi connectivity index (χ2n) is 7.92. The van der Waals surface area contributed by atoms with E-state index in [1.54, 1.807) is 0 Å². The Morgan fingerprint density at radius 3 is 2.24 bits per heavy atom. The molecule has 0 aromatic rings. The van der Waals surface area contributed by atoms with Gasteiger partial charge in [-0.2, -0.15) is 0 Å². The Morgan fingerprint density at radius 2 is 1.60 bits per heavy atom. The van der Waals surface area contributed by atoms with Gasteiger partial charge >= 0.3 is 0 Å². The minimum atomic E-state index is -0.405. The van der Waals surface area contributed by atoms with E-state index in [1.165, 1.54) is 19.3 Å². The molecule has 3 rings (SSSR count). The predicted molar refractivity (Wildman–Crippen MR) is 95.8 cm³/mol. The third-order valence-corrected chi connectivity index (χ3v) is 6.19. The molecule has 6 nitrogen and oxygen atoms in total. The summed E-state index contributed by atoms with van der Waals surface area (Å²) in [4.78, 5) is 26.9. The van der Waals surface area contributed by atoms with Crippen molar-refractivity contribution in [3.05, 3.63) is 0 Å². The van der Waals surface area contributed by atoms with E-state index in [-0.39, 0.29) is 29.7 Å². The van der Waals surface area contributed by atoms with Crippen LogP contribution in [0, 0.1) is 11.8 Å². The Kier molecular flexibility index (Phi) is 6.70. The molecule has 2 aliphatic heterocycles. The van der Waals surface area contributed by atoms with Crippen LogP contribution in [0.5, 0.6) is 0 Å². The fourth-order valence-electron chi connectivity index (χ4n) is 4.42. The van der Waals surface area contributed by atoms with Crippen LogP contribution >= 0.6 is 0 Å². The predicted octanol–water partition coefficient (Wildman–Crippen LogP) is 1.43. The molecular formula is C19H33N3O3. The lowest BCUT2D eigenvalue weighted by Gasteiger charge is -2.36. The number of likely N-dealkylation sites (tertiary alicyclic amines) is 1. The topological polar surface area (TPSA) is 84.7 Å². The van der Waals surface area contributed by atoms with Crippen LogP contribution in [0.15, 0.2) is 0 Å². The summed E-state index contributed by atoms with van der Waals surface area (Å²) in [5, 5.41) is 3.22. The van der Waals surface area contributed by atoms with Gasteiger partial charge in [-0.3, -0.25) is 9.59 Å². The van der Waals surface area contributed by atoms with Gasteiger partial charge in [-0.25, -0.2) is 0 Å². The van der Waals surface area contributed by atoms with Crippen molar-refractivity contribution in [1.29, 1.82) is 0 Å². The molecule has 3 fully saturated rings. The van der Waals surface area contributed by atoms with E-state index in [1.807, 2.05) is 4.90 Å². The van der Waals surface area contributed by atoms with Gasteiger partial charge in [0.25, 0.3) is 0 Å². The first-order chi connectivity index (χ1) is 12.1. The Hall–Kier alpha value is -1.14. The first-order valence-corrected chi connectivity index (χ1v) is 10.1. The lowest BCUT2D eigenvalue weighted by atomic mass is 9.88. The van der Waals surface area contributed by atoms with E-state index in [2.05, 4.69) is 5.32 Å². The van der Waals surface area contributed by atoms with Crippen molar-refractivity contribution in [2.45, 2.75) is 69.9 Å². The molecule has 2 amide bonds. The number of carbonyl (C=O) groups excluding carboxylic acids is 2. The summed E-state index contributed by atoms with van der Waals surface area (Å²) in [6, 6.07) is -0.199. The highest BCUT2D eigenvalue weighted by atomic mass is 16.5. The van der Waals surface area contributed by atoms with Gasteiger partial charge in [-0.05, 0) is 44.4 Å². The van der Waals surface area contributed by atoms with Crippen molar-refractivity contribution in [3.8, 4) is 0 Å². The smallest absolute Gasteiger partial charge is 0.239 e. The highest BCUT2D eigenvalue weighted by Crippen LogP contribution is 2.25. The third-order valence-electron chi connectivity index (χ3n) is 6.19. The lowest BCUT2D eigenvalue weighted by molar-refractivity contribution is -0.136. The van der Waals surface area contributed by atoms with Crippen molar-refractivity contribution >= 4 is 11.8 Å². The summed E-state index contributed by atoms with van der Waals surface area (Å²) in [5.74, 6) is 0.743. The van der Waals surface area contributed by atoms with Gasteiger partial charge in [0.2, 0.25) is 11.8 Å². The minimum Gasteiger partial charge on any atom is -0.381 e. The fourth-order valence-corrected chi connectivity index (χ4v) is 4.42. The second-order valence-corrected chi connectivity index (χ2v) is 7.92. The van der Waals surface area contributed by atoms with Crippen molar-refractivity contribution in [3.63, 3.8) is 0 Å². The van der Waals surface area contributed by atoms with Crippen molar-refractivity contribution in [2.75, 3.05) is 26.3 Å². The van der Waals surface area contributed by atoms with Gasteiger partial charge in [-0.15, -0.1) is 0 Å². The van der Waals surface area contributed by atoms with Gasteiger partial charge in [0.05, 0.1) is 6.04 Å². The molecule has 2 saturated heterocycles. The van der Waals surface area contributed by atoms with E-state index < -0.39 is 6.04 Å². The minimum absolute atomic E-state index is 0.0731. The summed E-state index contributed by atoms with van der Waals surface area (Å²) in [6.45, 7) is 2.82. The zero-order valence-corrected chi connectivity index (χ0v) is 15.3. The van der Waals surface area contributed by atoms with Crippen LogP contribution in [0.1, 0.15) is 57.8 Å². The number of nitrogens with one attached hydrogen (secondary N) is 1. The Morgan fingerprint density at radius 1 is 0.960 bits per heavy atom. The highest BCUT2D eigenvalue weighted by molar-refractivity contribution is 5.82. The molecule has 3 aliphatic rings. The normalized spacial score (nSPS) is 25.6. The summed E-state index contributed by atoms with van der Waals surface area (Å²) >= 11 is 0. The third kappa shape index (κ3) is 4.94. The summed E-state index contributed by atoms with van der Waals surface area (Å²) in [5.41, 5.74) is 6.22. The van der Waals surface area contributed by atoms with Crippen molar-refractivity contribution in [2.24, 2.45) is 17.6 Å². The van der Waals surface area contributed by atoms with Crippen LogP contribution in [0.4, 0.5) is 0 Å². The number of nitrogens with two attached hydrogens (primary N) is 1. The summed E-state index contributed by atoms with van der Waals surface area (Å²) in [6.07, 6.45) is 9.10. The van der Waals surface area contributed by atoms with E-state index in [0.717, 1.165) is 38.5 Å². The zero-order chi connectivity index (χ0) is 17.6. The Bertz CT molecular complexity index is 451. The molecule has 1 saturated carbocycles. The number of hydrogen-bond donors (Lipinski definition) is 2. The summed E-state index contributed by atoms with van der Waals surface area (Å²) < 4.78 is 5.36. The quantitative estimate of drug-likeness (QED) is 0.802. The standard InChI is InChI=1S/C19H33N3O3/c20-17(14-8-12-25-13-9-14)19(24)22-10-6-16(7-11-22)21-18(23)15-4-2-1-3-5-15/h14-17H,1-13,20H2,(H,21,23). The summed E-state index contributed by atoms with van der Waals surface area (Å²) in [7, 11) is 0. The molecule has 1 aliphatic carbocycles. The van der Waals surface area contributed by atoms with Crippen LogP contribution in [-0.4, -0.2) is 55.1 Å². The number of piperidine rings is 1. The van der Waals surface area contributed by atoms with Gasteiger partial charge in [0.15, 0.2) is 0 Å². The largest absolute Gasteiger partial charge is 0.381 e. The molecule has 0 radical (unpaired) electrons. The number of carbonyl (C=O) groups is 2. The van der Waals surface area contributed by atoms with Gasteiger partial charge in [0.1, 0.15) is 0 Å². The van der Waals surface area contributed by atoms with Gasteiger partial charge in [0, 0.05) is 38.3 Å². The van der Waals surface area contributed by atoms with Crippen LogP contribution < -0.4 is 11.1 Å². The molecule has 0 spiro atoms. The van der Waals surface area contributed by atoms with E-state index in [0.29, 0.717) is 26.3 Å².